The van der Waals surface area contributed by atoms with Crippen LogP contribution in [0.3, 0.4) is 0 Å². The quantitative estimate of drug-likeness (QED) is 0.799. The third kappa shape index (κ3) is 5.07. The number of aryl methyl sites for hydroxylation is 2. The Balaban J connectivity index is 1.58. The van der Waals surface area contributed by atoms with E-state index in [0.717, 1.165) is 11.3 Å². The molecular formula is C21H27N3O5. The predicted molar refractivity (Wildman–Crippen MR) is 106 cm³/mol. The number of piperidine rings is 1. The number of hydrogen-bond donors (Lipinski definition) is 1. The van der Waals surface area contributed by atoms with Crippen molar-refractivity contribution < 1.29 is 23.6 Å². The molecule has 1 aliphatic rings. The SMILES string of the molecule is CCOC(=O)N1CCC(NC(=O)c2ccccc2OCc2c(C)noc2C)CC1. The zero-order valence-electron chi connectivity index (χ0n) is 17.1. The number of rotatable bonds is 6. The number of aromatic nitrogens is 1. The fraction of sp³-hybridized carbons (Fsp3) is 0.476. The summed E-state index contributed by atoms with van der Waals surface area (Å²) in [5.41, 5.74) is 2.14. The average molecular weight is 401 g/mol. The van der Waals surface area contributed by atoms with Crippen LogP contribution in [0.1, 0.15) is 47.1 Å². The Hall–Kier alpha value is -3.03. The van der Waals surface area contributed by atoms with Gasteiger partial charge in [-0.1, -0.05) is 17.3 Å². The lowest BCUT2D eigenvalue weighted by Gasteiger charge is -2.31. The second-order valence-electron chi connectivity index (χ2n) is 7.02. The second kappa shape index (κ2) is 9.45. The molecule has 0 atom stereocenters. The fourth-order valence-corrected chi connectivity index (χ4v) is 3.32. The summed E-state index contributed by atoms with van der Waals surface area (Å²) in [5, 5.41) is 6.98. The minimum Gasteiger partial charge on any atom is -0.488 e. The first kappa shape index (κ1) is 20.7. The zero-order valence-corrected chi connectivity index (χ0v) is 17.1. The molecule has 29 heavy (non-hydrogen) atoms. The van der Waals surface area contributed by atoms with Crippen LogP contribution in [-0.2, 0) is 11.3 Å². The molecule has 156 valence electrons. The van der Waals surface area contributed by atoms with Crippen LogP contribution in [0.5, 0.6) is 5.75 Å². The highest BCUT2D eigenvalue weighted by molar-refractivity contribution is 5.97. The van der Waals surface area contributed by atoms with E-state index >= 15 is 0 Å². The molecular weight excluding hydrogens is 374 g/mol. The Kier molecular flexibility index (Phi) is 6.74. The molecule has 2 amide bonds. The number of carbonyl (C=O) groups is 2. The molecule has 0 unspecified atom stereocenters. The Morgan fingerprint density at radius 3 is 2.62 bits per heavy atom. The normalized spacial score (nSPS) is 14.5. The molecule has 0 saturated carbocycles. The van der Waals surface area contributed by atoms with E-state index < -0.39 is 0 Å². The van der Waals surface area contributed by atoms with Crippen LogP contribution in [0.25, 0.3) is 0 Å². The molecule has 2 aromatic rings. The molecule has 0 spiro atoms. The van der Waals surface area contributed by atoms with Crippen LogP contribution >= 0.6 is 0 Å². The van der Waals surface area contributed by atoms with Crippen molar-refractivity contribution in [2.24, 2.45) is 0 Å². The Labute approximate surface area is 170 Å². The second-order valence-corrected chi connectivity index (χ2v) is 7.02. The van der Waals surface area contributed by atoms with Gasteiger partial charge in [0, 0.05) is 19.1 Å². The highest BCUT2D eigenvalue weighted by Gasteiger charge is 2.25. The van der Waals surface area contributed by atoms with Gasteiger partial charge >= 0.3 is 6.09 Å². The number of hydrogen-bond acceptors (Lipinski definition) is 6. The number of para-hydroxylation sites is 1. The van der Waals surface area contributed by atoms with Crippen molar-refractivity contribution in [3.63, 3.8) is 0 Å². The summed E-state index contributed by atoms with van der Waals surface area (Å²) in [6.07, 6.45) is 1.08. The zero-order chi connectivity index (χ0) is 20.8. The van der Waals surface area contributed by atoms with E-state index in [9.17, 15) is 9.59 Å². The fourth-order valence-electron chi connectivity index (χ4n) is 3.32. The van der Waals surface area contributed by atoms with Gasteiger partial charge in [-0.2, -0.15) is 0 Å². The van der Waals surface area contributed by atoms with E-state index in [-0.39, 0.29) is 24.6 Å². The Bertz CT molecular complexity index is 836. The molecule has 1 aromatic carbocycles. The molecule has 1 fully saturated rings. The van der Waals surface area contributed by atoms with Crippen molar-refractivity contribution in [1.29, 1.82) is 0 Å². The molecule has 8 heteroatoms. The van der Waals surface area contributed by atoms with Crippen molar-refractivity contribution in [1.82, 2.24) is 15.4 Å². The van der Waals surface area contributed by atoms with E-state index in [4.69, 9.17) is 14.0 Å². The predicted octanol–water partition coefficient (Wildman–Crippen LogP) is 3.22. The monoisotopic (exact) mass is 401 g/mol. The van der Waals surface area contributed by atoms with Crippen molar-refractivity contribution in [2.45, 2.75) is 46.3 Å². The largest absolute Gasteiger partial charge is 0.488 e. The number of amides is 2. The summed E-state index contributed by atoms with van der Waals surface area (Å²) in [6.45, 7) is 7.25. The minimum atomic E-state index is -0.296. The Morgan fingerprint density at radius 2 is 1.97 bits per heavy atom. The lowest BCUT2D eigenvalue weighted by molar-refractivity contribution is 0.0857. The highest BCUT2D eigenvalue weighted by atomic mass is 16.6. The van der Waals surface area contributed by atoms with Crippen LogP contribution < -0.4 is 10.1 Å². The summed E-state index contributed by atoms with van der Waals surface area (Å²) in [6, 6.07) is 7.16. The van der Waals surface area contributed by atoms with Gasteiger partial charge in [0.15, 0.2) is 0 Å². The van der Waals surface area contributed by atoms with Crippen LogP contribution in [0.15, 0.2) is 28.8 Å². The third-order valence-corrected chi connectivity index (χ3v) is 5.04. The minimum absolute atomic E-state index is 0.00351. The third-order valence-electron chi connectivity index (χ3n) is 5.04. The maximum Gasteiger partial charge on any atom is 0.409 e. The maximum atomic E-state index is 12.8. The number of carbonyl (C=O) groups excluding carboxylic acids is 2. The van der Waals surface area contributed by atoms with Gasteiger partial charge in [0.1, 0.15) is 18.1 Å². The molecule has 3 rings (SSSR count). The molecule has 1 N–H and O–H groups in total. The van der Waals surface area contributed by atoms with Crippen LogP contribution in [-0.4, -0.2) is 47.8 Å². The molecule has 0 aliphatic carbocycles. The van der Waals surface area contributed by atoms with Crippen molar-refractivity contribution >= 4 is 12.0 Å². The molecule has 8 nitrogen and oxygen atoms in total. The van der Waals surface area contributed by atoms with Crippen molar-refractivity contribution in [2.75, 3.05) is 19.7 Å². The van der Waals surface area contributed by atoms with Gasteiger partial charge in [-0.25, -0.2) is 4.79 Å². The highest BCUT2D eigenvalue weighted by Crippen LogP contribution is 2.22. The van der Waals surface area contributed by atoms with E-state index in [1.807, 2.05) is 19.9 Å². The van der Waals surface area contributed by atoms with E-state index in [1.165, 1.54) is 0 Å². The maximum absolute atomic E-state index is 12.8. The van der Waals surface area contributed by atoms with Crippen molar-refractivity contribution in [3.05, 3.63) is 46.8 Å². The summed E-state index contributed by atoms with van der Waals surface area (Å²) in [7, 11) is 0. The van der Waals surface area contributed by atoms with Gasteiger partial charge in [0.25, 0.3) is 5.91 Å². The summed E-state index contributed by atoms with van der Waals surface area (Å²) >= 11 is 0. The summed E-state index contributed by atoms with van der Waals surface area (Å²) in [5.74, 6) is 1.03. The molecule has 1 aromatic heterocycles. The lowest BCUT2D eigenvalue weighted by atomic mass is 10.0. The molecule has 1 saturated heterocycles. The number of benzene rings is 1. The van der Waals surface area contributed by atoms with Crippen molar-refractivity contribution in [3.8, 4) is 5.75 Å². The first-order valence-electron chi connectivity index (χ1n) is 9.85. The van der Waals surface area contributed by atoms with Crippen LogP contribution in [0, 0.1) is 13.8 Å². The van der Waals surface area contributed by atoms with Gasteiger partial charge in [-0.15, -0.1) is 0 Å². The lowest BCUT2D eigenvalue weighted by Crippen LogP contribution is -2.46. The standard InChI is InChI=1S/C21H27N3O5/c1-4-27-21(26)24-11-9-16(10-12-24)22-20(25)17-7-5-6-8-19(17)28-13-18-14(2)23-29-15(18)3/h5-8,16H,4,9-13H2,1-3H3,(H,22,25). The molecule has 1 aliphatic heterocycles. The first-order chi connectivity index (χ1) is 14.0. The van der Waals surface area contributed by atoms with Crippen LogP contribution in [0.2, 0.25) is 0 Å². The number of nitrogens with one attached hydrogen (secondary N) is 1. The van der Waals surface area contributed by atoms with Gasteiger partial charge < -0.3 is 24.2 Å². The smallest absolute Gasteiger partial charge is 0.409 e. The van der Waals surface area contributed by atoms with E-state index in [2.05, 4.69) is 10.5 Å². The number of likely N-dealkylation sites (tertiary alicyclic amines) is 1. The molecule has 0 radical (unpaired) electrons. The first-order valence-corrected chi connectivity index (χ1v) is 9.85. The van der Waals surface area contributed by atoms with E-state index in [1.54, 1.807) is 30.0 Å². The topological polar surface area (TPSA) is 93.9 Å². The van der Waals surface area contributed by atoms with Gasteiger partial charge in [-0.3, -0.25) is 4.79 Å². The van der Waals surface area contributed by atoms with Gasteiger partial charge in [0.2, 0.25) is 0 Å². The average Bonchev–Trinajstić information content (AvgIpc) is 3.05. The molecule has 2 heterocycles. The van der Waals surface area contributed by atoms with Crippen LogP contribution in [0.4, 0.5) is 4.79 Å². The van der Waals surface area contributed by atoms with Gasteiger partial charge in [0.05, 0.1) is 23.4 Å². The number of nitrogens with zero attached hydrogens (tertiary/aromatic N) is 2. The van der Waals surface area contributed by atoms with Gasteiger partial charge in [-0.05, 0) is 45.7 Å². The van der Waals surface area contributed by atoms with E-state index in [0.29, 0.717) is 49.6 Å². The summed E-state index contributed by atoms with van der Waals surface area (Å²) < 4.78 is 16.1. The number of ether oxygens (including phenoxy) is 2. The Morgan fingerprint density at radius 1 is 1.24 bits per heavy atom. The molecule has 0 bridgehead atoms. The summed E-state index contributed by atoms with van der Waals surface area (Å²) in [4.78, 5) is 26.3.